The Balaban J connectivity index is 3.02. The lowest BCUT2D eigenvalue weighted by molar-refractivity contribution is -0.141. The fourth-order valence-corrected chi connectivity index (χ4v) is 1.24. The van der Waals surface area contributed by atoms with E-state index in [1.165, 1.54) is 0 Å². The summed E-state index contributed by atoms with van der Waals surface area (Å²) in [5.41, 5.74) is 3.55. The van der Waals surface area contributed by atoms with Crippen molar-refractivity contribution in [2.45, 2.75) is 12.6 Å². The number of alkyl halides is 3. The molecule has 0 unspecified atom stereocenters. The third-order valence-electron chi connectivity index (χ3n) is 2.08. The molecule has 0 spiro atoms. The summed E-state index contributed by atoms with van der Waals surface area (Å²) >= 11 is 0. The van der Waals surface area contributed by atoms with E-state index in [-0.39, 0.29) is 24.3 Å². The van der Waals surface area contributed by atoms with Crippen LogP contribution in [0, 0.1) is 0 Å². The molecule has 1 heterocycles. The first-order valence-corrected chi connectivity index (χ1v) is 5.05. The zero-order chi connectivity index (χ0) is 14.6. The van der Waals surface area contributed by atoms with Gasteiger partial charge in [-0.05, 0) is 12.1 Å². The standard InChI is InChI=1S/C10H10F3N3O3/c11-10(12,13)6-2-1-5(8(14)19)9(16-6)15-4-3-7(17)18/h1-2H,3-4H2,(H2,14,19)(H,15,16)(H,17,18). The number of carbonyl (C=O) groups excluding carboxylic acids is 1. The number of nitrogens with two attached hydrogens (primary N) is 1. The maximum absolute atomic E-state index is 12.5. The molecule has 9 heteroatoms. The van der Waals surface area contributed by atoms with Crippen LogP contribution in [0.2, 0.25) is 0 Å². The summed E-state index contributed by atoms with van der Waals surface area (Å²) in [5.74, 6) is -2.48. The topological polar surface area (TPSA) is 105 Å². The van der Waals surface area contributed by atoms with E-state index in [1.54, 1.807) is 0 Å². The van der Waals surface area contributed by atoms with Gasteiger partial charge in [0, 0.05) is 6.54 Å². The van der Waals surface area contributed by atoms with Crippen molar-refractivity contribution in [2.75, 3.05) is 11.9 Å². The highest BCUT2D eigenvalue weighted by Gasteiger charge is 2.33. The van der Waals surface area contributed by atoms with Crippen LogP contribution in [-0.2, 0) is 11.0 Å². The largest absolute Gasteiger partial charge is 0.481 e. The predicted octanol–water partition coefficient (Wildman–Crippen LogP) is 1.09. The van der Waals surface area contributed by atoms with Crippen LogP contribution in [-0.4, -0.2) is 28.5 Å². The molecule has 0 fully saturated rings. The van der Waals surface area contributed by atoms with Crippen LogP contribution in [0.4, 0.5) is 19.0 Å². The van der Waals surface area contributed by atoms with Gasteiger partial charge in [-0.1, -0.05) is 0 Å². The van der Waals surface area contributed by atoms with Crippen molar-refractivity contribution in [3.63, 3.8) is 0 Å². The molecule has 0 aliphatic carbocycles. The van der Waals surface area contributed by atoms with Crippen molar-refractivity contribution in [2.24, 2.45) is 5.73 Å². The molecule has 0 aliphatic rings. The number of amides is 1. The number of carbonyl (C=O) groups is 2. The minimum absolute atomic E-state index is 0.177. The lowest BCUT2D eigenvalue weighted by atomic mass is 10.2. The summed E-state index contributed by atoms with van der Waals surface area (Å²) in [7, 11) is 0. The van der Waals surface area contributed by atoms with Crippen LogP contribution in [0.3, 0.4) is 0 Å². The number of hydrogen-bond donors (Lipinski definition) is 3. The Labute approximate surface area is 105 Å². The quantitative estimate of drug-likeness (QED) is 0.747. The Morgan fingerprint density at radius 3 is 2.47 bits per heavy atom. The maximum Gasteiger partial charge on any atom is 0.433 e. The molecule has 0 aliphatic heterocycles. The molecule has 0 radical (unpaired) electrons. The molecular weight excluding hydrogens is 267 g/mol. The Morgan fingerprint density at radius 2 is 2.00 bits per heavy atom. The minimum atomic E-state index is -4.67. The molecule has 0 aromatic carbocycles. The highest BCUT2D eigenvalue weighted by molar-refractivity contribution is 5.97. The number of anilines is 1. The van der Waals surface area contributed by atoms with E-state index in [9.17, 15) is 22.8 Å². The van der Waals surface area contributed by atoms with Gasteiger partial charge >= 0.3 is 12.1 Å². The fraction of sp³-hybridized carbons (Fsp3) is 0.300. The highest BCUT2D eigenvalue weighted by Crippen LogP contribution is 2.29. The van der Waals surface area contributed by atoms with E-state index in [4.69, 9.17) is 10.8 Å². The number of hydrogen-bond acceptors (Lipinski definition) is 4. The van der Waals surface area contributed by atoms with E-state index in [0.29, 0.717) is 6.07 Å². The van der Waals surface area contributed by atoms with E-state index in [2.05, 4.69) is 10.3 Å². The molecule has 104 valence electrons. The first kappa shape index (κ1) is 14.7. The number of nitrogens with one attached hydrogen (secondary N) is 1. The van der Waals surface area contributed by atoms with Crippen molar-refractivity contribution in [1.29, 1.82) is 0 Å². The Bertz CT molecular complexity index is 503. The monoisotopic (exact) mass is 277 g/mol. The zero-order valence-corrected chi connectivity index (χ0v) is 9.49. The first-order chi connectivity index (χ1) is 8.71. The third kappa shape index (κ3) is 4.12. The predicted molar refractivity (Wildman–Crippen MR) is 58.5 cm³/mol. The number of aliphatic carboxylic acids is 1. The average molecular weight is 277 g/mol. The molecule has 0 atom stereocenters. The van der Waals surface area contributed by atoms with Crippen molar-refractivity contribution in [1.82, 2.24) is 4.98 Å². The summed E-state index contributed by atoms with van der Waals surface area (Å²) in [5, 5.41) is 10.8. The van der Waals surface area contributed by atoms with Crippen LogP contribution >= 0.6 is 0 Å². The molecule has 0 saturated heterocycles. The van der Waals surface area contributed by atoms with Gasteiger partial charge in [0.25, 0.3) is 5.91 Å². The van der Waals surface area contributed by atoms with E-state index in [0.717, 1.165) is 6.07 Å². The normalized spacial score (nSPS) is 11.1. The Kier molecular flexibility index (Phi) is 4.30. The SMILES string of the molecule is NC(=O)c1ccc(C(F)(F)F)nc1NCCC(=O)O. The lowest BCUT2D eigenvalue weighted by Gasteiger charge is -2.11. The molecule has 1 rings (SSSR count). The Morgan fingerprint density at radius 1 is 1.37 bits per heavy atom. The van der Waals surface area contributed by atoms with E-state index < -0.39 is 23.7 Å². The highest BCUT2D eigenvalue weighted by atomic mass is 19.4. The molecule has 1 amide bonds. The van der Waals surface area contributed by atoms with Gasteiger partial charge in [-0.15, -0.1) is 0 Å². The first-order valence-electron chi connectivity index (χ1n) is 5.05. The summed E-state index contributed by atoms with van der Waals surface area (Å²) in [6.07, 6.45) is -5.00. The van der Waals surface area contributed by atoms with Gasteiger partial charge in [0.2, 0.25) is 0 Å². The minimum Gasteiger partial charge on any atom is -0.481 e. The molecule has 6 nitrogen and oxygen atoms in total. The molecular formula is C10H10F3N3O3. The number of rotatable bonds is 5. The van der Waals surface area contributed by atoms with Crippen LogP contribution in [0.1, 0.15) is 22.5 Å². The van der Waals surface area contributed by atoms with Crippen molar-refractivity contribution in [3.05, 3.63) is 23.4 Å². The number of halogens is 3. The van der Waals surface area contributed by atoms with Crippen LogP contribution in [0.5, 0.6) is 0 Å². The summed E-state index contributed by atoms with van der Waals surface area (Å²) in [6, 6.07) is 1.52. The number of pyridine rings is 1. The van der Waals surface area contributed by atoms with Crippen molar-refractivity contribution < 1.29 is 27.9 Å². The number of nitrogens with zero attached hydrogens (tertiary/aromatic N) is 1. The van der Waals surface area contributed by atoms with Gasteiger partial charge in [0.05, 0.1) is 12.0 Å². The third-order valence-corrected chi connectivity index (χ3v) is 2.08. The summed E-state index contributed by atoms with van der Waals surface area (Å²) < 4.78 is 37.4. The molecule has 1 aromatic heterocycles. The van der Waals surface area contributed by atoms with Crippen LogP contribution < -0.4 is 11.1 Å². The maximum atomic E-state index is 12.5. The molecule has 4 N–H and O–H groups in total. The van der Waals surface area contributed by atoms with Gasteiger partial charge in [0.15, 0.2) is 0 Å². The smallest absolute Gasteiger partial charge is 0.433 e. The van der Waals surface area contributed by atoms with Gasteiger partial charge < -0.3 is 16.2 Å². The van der Waals surface area contributed by atoms with E-state index >= 15 is 0 Å². The fourth-order valence-electron chi connectivity index (χ4n) is 1.24. The van der Waals surface area contributed by atoms with Crippen molar-refractivity contribution in [3.8, 4) is 0 Å². The second kappa shape index (κ2) is 5.55. The second-order valence-electron chi connectivity index (χ2n) is 3.53. The number of carboxylic acids is 1. The Hall–Kier alpha value is -2.32. The second-order valence-corrected chi connectivity index (χ2v) is 3.53. The van der Waals surface area contributed by atoms with Crippen LogP contribution in [0.15, 0.2) is 12.1 Å². The van der Waals surface area contributed by atoms with Gasteiger partial charge in [-0.3, -0.25) is 9.59 Å². The number of aromatic nitrogens is 1. The van der Waals surface area contributed by atoms with Gasteiger partial charge in [-0.2, -0.15) is 13.2 Å². The van der Waals surface area contributed by atoms with E-state index in [1.807, 2.05) is 0 Å². The zero-order valence-electron chi connectivity index (χ0n) is 9.49. The van der Waals surface area contributed by atoms with Gasteiger partial charge in [-0.25, -0.2) is 4.98 Å². The lowest BCUT2D eigenvalue weighted by Crippen LogP contribution is -2.19. The summed E-state index contributed by atoms with van der Waals surface area (Å²) in [4.78, 5) is 24.6. The summed E-state index contributed by atoms with van der Waals surface area (Å²) in [6.45, 7) is -0.177. The number of primary amides is 1. The molecule has 19 heavy (non-hydrogen) atoms. The van der Waals surface area contributed by atoms with Crippen molar-refractivity contribution >= 4 is 17.7 Å². The molecule has 0 saturated carbocycles. The molecule has 0 bridgehead atoms. The average Bonchev–Trinajstić information content (AvgIpc) is 2.26. The number of carboxylic acid groups (broad SMARTS) is 1. The molecule has 1 aromatic rings. The van der Waals surface area contributed by atoms with Crippen LogP contribution in [0.25, 0.3) is 0 Å². The van der Waals surface area contributed by atoms with Gasteiger partial charge in [0.1, 0.15) is 11.5 Å².